The van der Waals surface area contributed by atoms with E-state index in [1.165, 1.54) is 25.7 Å². The van der Waals surface area contributed by atoms with E-state index in [9.17, 15) is 28.9 Å². The van der Waals surface area contributed by atoms with Crippen molar-refractivity contribution in [1.29, 1.82) is 0 Å². The number of rotatable bonds is 50. The topological polar surface area (TPSA) is 155 Å². The minimum atomic E-state index is -4.77. The molecule has 0 saturated heterocycles. The summed E-state index contributed by atoms with van der Waals surface area (Å²) in [5.74, 6) is -1.56. The number of unbranched alkanes of at least 4 members (excludes halogenated alkanes) is 15. The summed E-state index contributed by atoms with van der Waals surface area (Å²) >= 11 is 0. The van der Waals surface area contributed by atoms with Gasteiger partial charge >= 0.3 is 25.7 Å². The van der Waals surface area contributed by atoms with Crippen molar-refractivity contribution < 1.29 is 52.2 Å². The van der Waals surface area contributed by atoms with Crippen LogP contribution in [0.25, 0.3) is 0 Å². The highest BCUT2D eigenvalue weighted by molar-refractivity contribution is 7.47. The van der Waals surface area contributed by atoms with Gasteiger partial charge in [0.05, 0.1) is 19.8 Å². The van der Waals surface area contributed by atoms with Crippen LogP contribution in [0, 0.1) is 0 Å². The van der Waals surface area contributed by atoms with Crippen molar-refractivity contribution in [3.05, 3.63) is 109 Å². The fraction of sp³-hybridized carbons (Fsp3) is 0.650. The van der Waals surface area contributed by atoms with Crippen LogP contribution in [0.4, 0.5) is 0 Å². The SMILES string of the molecule is CC/C=C\C/C=C\C/C=C\C/C=C\CCCCCCC(=O)OC(COC(=O)CCCCCCC/C=C\CCCCCC)COP(=O)(O)OCC(CO)OC(=O)CCCC/C=C\C/C=C\C/C=C\C/C=C\CC. The van der Waals surface area contributed by atoms with Crippen LogP contribution in [0.15, 0.2) is 109 Å². The molecule has 410 valence electrons. The minimum Gasteiger partial charge on any atom is -0.462 e. The number of phosphoric ester groups is 1. The maximum atomic E-state index is 12.9. The van der Waals surface area contributed by atoms with E-state index in [0.29, 0.717) is 19.3 Å². The van der Waals surface area contributed by atoms with Gasteiger partial charge in [-0.2, -0.15) is 0 Å². The summed E-state index contributed by atoms with van der Waals surface area (Å²) in [5.41, 5.74) is 0. The van der Waals surface area contributed by atoms with Gasteiger partial charge in [-0.15, -0.1) is 0 Å². The molecule has 0 fully saturated rings. The molecule has 3 unspecified atom stereocenters. The van der Waals surface area contributed by atoms with Crippen LogP contribution >= 0.6 is 7.82 Å². The monoisotopic (exact) mass is 1030 g/mol. The molecule has 0 amide bonds. The van der Waals surface area contributed by atoms with Crippen molar-refractivity contribution in [2.75, 3.05) is 26.4 Å². The fourth-order valence-electron chi connectivity index (χ4n) is 6.98. The molecule has 3 atom stereocenters. The van der Waals surface area contributed by atoms with Gasteiger partial charge in [0.1, 0.15) is 12.7 Å². The molecule has 2 N–H and O–H groups in total. The molecule has 0 aliphatic heterocycles. The number of aliphatic hydroxyl groups excluding tert-OH is 1. The number of aliphatic hydroxyl groups is 1. The van der Waals surface area contributed by atoms with Crippen LogP contribution < -0.4 is 0 Å². The number of carbonyl (C=O) groups excluding carboxylic acids is 3. The number of esters is 3. The van der Waals surface area contributed by atoms with Gasteiger partial charge in [0.25, 0.3) is 0 Å². The average molecular weight is 1030 g/mol. The Bertz CT molecular complexity index is 1620. The first-order chi connectivity index (χ1) is 35.2. The van der Waals surface area contributed by atoms with Crippen LogP contribution in [0.2, 0.25) is 0 Å². The largest absolute Gasteiger partial charge is 0.472 e. The molecule has 0 aliphatic rings. The number of hydrogen-bond acceptors (Lipinski definition) is 10. The van der Waals surface area contributed by atoms with Crippen molar-refractivity contribution in [3.8, 4) is 0 Å². The highest BCUT2D eigenvalue weighted by atomic mass is 31.2. The van der Waals surface area contributed by atoms with E-state index in [1.807, 2.05) is 0 Å². The fourth-order valence-corrected chi connectivity index (χ4v) is 7.76. The second-order valence-electron chi connectivity index (χ2n) is 18.0. The normalized spacial score (nSPS) is 14.2. The zero-order valence-electron chi connectivity index (χ0n) is 45.1. The minimum absolute atomic E-state index is 0.117. The lowest BCUT2D eigenvalue weighted by molar-refractivity contribution is -0.161. The molecular weight excluding hydrogens is 928 g/mol. The van der Waals surface area contributed by atoms with Gasteiger partial charge < -0.3 is 24.2 Å². The number of ether oxygens (including phenoxy) is 3. The summed E-state index contributed by atoms with van der Waals surface area (Å²) in [6, 6.07) is 0. The standard InChI is InChI=1S/C60H99O11P/c1-4-7-10-13-16-19-22-25-27-28-30-33-36-39-42-45-48-51-60(64)71-57(53-67-58(62)49-46-43-40-37-34-31-24-21-18-15-12-9-6-3)55-69-72(65,66)68-54-56(52-61)70-59(63)50-47-44-41-38-35-32-29-26-23-20-17-14-11-8-5-2/h7-8,10-11,16-17,19-21,24-27,29-30,33,35,38,56-57,61H,4-6,9,12-15,18,22-23,28,31-32,34,36-37,39-55H2,1-3H3,(H,65,66)/b10-7-,11-8-,19-16-,20-17-,24-21-,27-25-,29-26-,33-30-,38-35-. The molecule has 0 aromatic heterocycles. The van der Waals surface area contributed by atoms with Crippen LogP contribution in [-0.2, 0) is 42.2 Å². The summed E-state index contributed by atoms with van der Waals surface area (Å²) in [6.45, 7) is 4.30. The van der Waals surface area contributed by atoms with Crippen molar-refractivity contribution in [1.82, 2.24) is 0 Å². The summed E-state index contributed by atoms with van der Waals surface area (Å²) in [4.78, 5) is 48.4. The first kappa shape index (κ1) is 68.1. The highest BCUT2D eigenvalue weighted by Crippen LogP contribution is 2.43. The van der Waals surface area contributed by atoms with E-state index in [-0.39, 0.29) is 25.9 Å². The van der Waals surface area contributed by atoms with Crippen molar-refractivity contribution in [2.45, 2.75) is 226 Å². The van der Waals surface area contributed by atoms with Gasteiger partial charge in [-0.05, 0) is 122 Å². The van der Waals surface area contributed by atoms with Gasteiger partial charge in [-0.3, -0.25) is 23.4 Å². The van der Waals surface area contributed by atoms with Crippen LogP contribution in [0.5, 0.6) is 0 Å². The van der Waals surface area contributed by atoms with E-state index in [0.717, 1.165) is 128 Å². The Balaban J connectivity index is 4.83. The third-order valence-electron chi connectivity index (χ3n) is 11.2. The number of allylic oxidation sites excluding steroid dienone is 18. The molecule has 11 nitrogen and oxygen atoms in total. The quantitative estimate of drug-likeness (QED) is 0.0197. The lowest BCUT2D eigenvalue weighted by atomic mass is 10.1. The van der Waals surface area contributed by atoms with E-state index in [1.54, 1.807) is 0 Å². The summed E-state index contributed by atoms with van der Waals surface area (Å²) in [6.07, 6.45) is 63.4. The first-order valence-corrected chi connectivity index (χ1v) is 29.3. The second-order valence-corrected chi connectivity index (χ2v) is 19.4. The third kappa shape index (κ3) is 51.1. The molecule has 72 heavy (non-hydrogen) atoms. The zero-order chi connectivity index (χ0) is 52.7. The molecule has 0 rings (SSSR count). The van der Waals surface area contributed by atoms with Crippen LogP contribution in [0.3, 0.4) is 0 Å². The molecule has 0 radical (unpaired) electrons. The Hall–Kier alpha value is -3.86. The molecule has 0 aliphatic carbocycles. The number of carbonyl (C=O) groups is 3. The maximum Gasteiger partial charge on any atom is 0.472 e. The Morgan fingerprint density at radius 2 is 0.722 bits per heavy atom. The number of phosphoric acid groups is 1. The molecule has 0 saturated carbocycles. The molecule has 12 heteroatoms. The summed E-state index contributed by atoms with van der Waals surface area (Å²) in [7, 11) is -4.77. The lowest BCUT2D eigenvalue weighted by Crippen LogP contribution is -2.30. The maximum absolute atomic E-state index is 12.9. The van der Waals surface area contributed by atoms with Crippen molar-refractivity contribution >= 4 is 25.7 Å². The third-order valence-corrected chi connectivity index (χ3v) is 12.1. The Labute approximate surface area is 437 Å². The van der Waals surface area contributed by atoms with E-state index < -0.39 is 57.8 Å². The Morgan fingerprint density at radius 1 is 0.403 bits per heavy atom. The molecular formula is C60H99O11P. The Kier molecular flexibility index (Phi) is 50.6. The first-order valence-electron chi connectivity index (χ1n) is 27.8. The van der Waals surface area contributed by atoms with Crippen molar-refractivity contribution in [2.24, 2.45) is 0 Å². The van der Waals surface area contributed by atoms with E-state index in [2.05, 4.69) is 130 Å². The van der Waals surface area contributed by atoms with Gasteiger partial charge in [0.15, 0.2) is 6.10 Å². The van der Waals surface area contributed by atoms with Gasteiger partial charge in [0, 0.05) is 19.3 Å². The molecule has 0 bridgehead atoms. The predicted molar refractivity (Wildman–Crippen MR) is 297 cm³/mol. The lowest BCUT2D eigenvalue weighted by Gasteiger charge is -2.21. The van der Waals surface area contributed by atoms with E-state index in [4.69, 9.17) is 23.3 Å². The average Bonchev–Trinajstić information content (AvgIpc) is 3.37. The highest BCUT2D eigenvalue weighted by Gasteiger charge is 2.28. The van der Waals surface area contributed by atoms with Gasteiger partial charge in [-0.25, -0.2) is 4.57 Å². The Morgan fingerprint density at radius 3 is 1.15 bits per heavy atom. The summed E-state index contributed by atoms with van der Waals surface area (Å²) in [5, 5.41) is 9.80. The predicted octanol–water partition coefficient (Wildman–Crippen LogP) is 16.2. The van der Waals surface area contributed by atoms with Gasteiger partial charge in [-0.1, -0.05) is 182 Å². The molecule has 0 heterocycles. The van der Waals surface area contributed by atoms with Crippen molar-refractivity contribution in [3.63, 3.8) is 0 Å². The smallest absolute Gasteiger partial charge is 0.462 e. The van der Waals surface area contributed by atoms with E-state index >= 15 is 0 Å². The van der Waals surface area contributed by atoms with Gasteiger partial charge in [0.2, 0.25) is 0 Å². The molecule has 0 spiro atoms. The molecule has 0 aromatic carbocycles. The zero-order valence-corrected chi connectivity index (χ0v) is 46.0. The van der Waals surface area contributed by atoms with Crippen LogP contribution in [0.1, 0.15) is 213 Å². The van der Waals surface area contributed by atoms with Crippen LogP contribution in [-0.4, -0.2) is 66.5 Å². The second kappa shape index (κ2) is 53.4. The molecule has 0 aromatic rings. The number of hydrogen-bond donors (Lipinski definition) is 2. The summed E-state index contributed by atoms with van der Waals surface area (Å²) < 4.78 is 39.4.